The molecule has 0 unspecified atom stereocenters. The smallest absolute Gasteiger partial charge is 0.273 e. The summed E-state index contributed by atoms with van der Waals surface area (Å²) in [6.45, 7) is 6.34. The molecule has 2 rings (SSSR count). The fraction of sp³-hybridized carbons (Fsp3) is 0.300. The predicted molar refractivity (Wildman–Crippen MR) is 107 cm³/mol. The standard InChI is InChI=1S/C20H23BrN2O4/c1-4-11-26-17-8-6-5-7-15(17)20(25)23-22-19(24)14-9-10-18(16(21)12-14)27-13(2)3/h5-10,12-13H,4,11H2,1-3H3,(H,22,24)(H,23,25). The van der Waals surface area contributed by atoms with Gasteiger partial charge < -0.3 is 9.47 Å². The minimum absolute atomic E-state index is 0.0234. The number of ether oxygens (including phenoxy) is 2. The van der Waals surface area contributed by atoms with Crippen LogP contribution in [0.15, 0.2) is 46.9 Å². The van der Waals surface area contributed by atoms with Crippen molar-refractivity contribution < 1.29 is 19.1 Å². The van der Waals surface area contributed by atoms with Crippen LogP contribution in [-0.4, -0.2) is 24.5 Å². The van der Waals surface area contributed by atoms with E-state index in [0.29, 0.717) is 33.7 Å². The summed E-state index contributed by atoms with van der Waals surface area (Å²) < 4.78 is 11.8. The molecule has 2 N–H and O–H groups in total. The van der Waals surface area contributed by atoms with Crippen molar-refractivity contribution in [1.29, 1.82) is 0 Å². The van der Waals surface area contributed by atoms with Crippen molar-refractivity contribution in [3.05, 3.63) is 58.1 Å². The Morgan fingerprint density at radius 1 is 1.04 bits per heavy atom. The second-order valence-electron chi connectivity index (χ2n) is 6.06. The Kier molecular flexibility index (Phi) is 7.67. The lowest BCUT2D eigenvalue weighted by Crippen LogP contribution is -2.41. The van der Waals surface area contributed by atoms with Crippen LogP contribution >= 0.6 is 15.9 Å². The first kappa shape index (κ1) is 20.8. The fourth-order valence-corrected chi connectivity index (χ4v) is 2.71. The van der Waals surface area contributed by atoms with Crippen molar-refractivity contribution in [2.24, 2.45) is 0 Å². The minimum atomic E-state index is -0.450. The summed E-state index contributed by atoms with van der Waals surface area (Å²) in [5, 5.41) is 0. The maximum atomic E-state index is 12.4. The molecule has 0 aliphatic heterocycles. The van der Waals surface area contributed by atoms with Crippen LogP contribution in [-0.2, 0) is 0 Å². The SMILES string of the molecule is CCCOc1ccccc1C(=O)NNC(=O)c1ccc(OC(C)C)c(Br)c1. The molecule has 2 amide bonds. The summed E-state index contributed by atoms with van der Waals surface area (Å²) in [7, 11) is 0. The molecule has 144 valence electrons. The second-order valence-corrected chi connectivity index (χ2v) is 6.92. The molecule has 0 bridgehead atoms. The van der Waals surface area contributed by atoms with Gasteiger partial charge >= 0.3 is 0 Å². The third kappa shape index (κ3) is 5.99. The van der Waals surface area contributed by atoms with Gasteiger partial charge in [-0.25, -0.2) is 0 Å². The molecule has 7 heteroatoms. The van der Waals surface area contributed by atoms with Crippen molar-refractivity contribution in [1.82, 2.24) is 10.9 Å². The van der Waals surface area contributed by atoms with Crippen molar-refractivity contribution >= 4 is 27.7 Å². The van der Waals surface area contributed by atoms with Gasteiger partial charge in [0.1, 0.15) is 11.5 Å². The van der Waals surface area contributed by atoms with E-state index >= 15 is 0 Å². The lowest BCUT2D eigenvalue weighted by atomic mass is 10.2. The molecule has 0 aliphatic rings. The van der Waals surface area contributed by atoms with Crippen molar-refractivity contribution in [2.75, 3.05) is 6.61 Å². The fourth-order valence-electron chi connectivity index (χ4n) is 2.24. The van der Waals surface area contributed by atoms with Gasteiger partial charge in [0, 0.05) is 5.56 Å². The summed E-state index contributed by atoms with van der Waals surface area (Å²) in [6.07, 6.45) is 0.855. The number of rotatable bonds is 7. The highest BCUT2D eigenvalue weighted by Crippen LogP contribution is 2.27. The van der Waals surface area contributed by atoms with Crippen LogP contribution in [0.1, 0.15) is 47.9 Å². The number of amides is 2. The second kappa shape index (κ2) is 9.97. The van der Waals surface area contributed by atoms with Gasteiger partial charge in [-0.05, 0) is 66.5 Å². The predicted octanol–water partition coefficient (Wildman–Crippen LogP) is 4.10. The molecule has 0 saturated heterocycles. The third-order valence-corrected chi connectivity index (χ3v) is 4.06. The zero-order valence-corrected chi connectivity index (χ0v) is 17.1. The molecule has 27 heavy (non-hydrogen) atoms. The average molecular weight is 435 g/mol. The molecule has 0 spiro atoms. The highest BCUT2D eigenvalue weighted by molar-refractivity contribution is 9.10. The van der Waals surface area contributed by atoms with E-state index in [1.165, 1.54) is 0 Å². The molecule has 0 heterocycles. The van der Waals surface area contributed by atoms with Crippen LogP contribution in [0.3, 0.4) is 0 Å². The Balaban J connectivity index is 2.01. The Morgan fingerprint density at radius 2 is 1.74 bits per heavy atom. The first-order chi connectivity index (χ1) is 12.9. The molecule has 0 aliphatic carbocycles. The normalized spacial score (nSPS) is 10.4. The number of hydrogen-bond acceptors (Lipinski definition) is 4. The molecule has 0 saturated carbocycles. The topological polar surface area (TPSA) is 76.7 Å². The molecule has 0 atom stereocenters. The van der Waals surface area contributed by atoms with E-state index in [0.717, 1.165) is 6.42 Å². The molecule has 0 aromatic heterocycles. The van der Waals surface area contributed by atoms with Crippen LogP contribution in [0.5, 0.6) is 11.5 Å². The van der Waals surface area contributed by atoms with Gasteiger partial charge in [-0.1, -0.05) is 19.1 Å². The van der Waals surface area contributed by atoms with Crippen molar-refractivity contribution in [2.45, 2.75) is 33.3 Å². The van der Waals surface area contributed by atoms with Crippen LogP contribution < -0.4 is 20.3 Å². The van der Waals surface area contributed by atoms with Crippen LogP contribution in [0, 0.1) is 0 Å². The van der Waals surface area contributed by atoms with Crippen LogP contribution in [0.25, 0.3) is 0 Å². The minimum Gasteiger partial charge on any atom is -0.493 e. The summed E-state index contributed by atoms with van der Waals surface area (Å²) in [4.78, 5) is 24.7. The van der Waals surface area contributed by atoms with Crippen molar-refractivity contribution in [3.63, 3.8) is 0 Å². The van der Waals surface area contributed by atoms with E-state index in [4.69, 9.17) is 9.47 Å². The highest BCUT2D eigenvalue weighted by Gasteiger charge is 2.14. The first-order valence-corrected chi connectivity index (χ1v) is 9.50. The van der Waals surface area contributed by atoms with Gasteiger partial charge in [-0.15, -0.1) is 0 Å². The lowest BCUT2D eigenvalue weighted by molar-refractivity contribution is 0.0844. The quantitative estimate of drug-likeness (QED) is 0.643. The highest BCUT2D eigenvalue weighted by atomic mass is 79.9. The lowest BCUT2D eigenvalue weighted by Gasteiger charge is -2.13. The summed E-state index contributed by atoms with van der Waals surface area (Å²) in [5.41, 5.74) is 5.57. The third-order valence-electron chi connectivity index (χ3n) is 3.44. The van der Waals surface area contributed by atoms with Crippen molar-refractivity contribution in [3.8, 4) is 11.5 Å². The molecule has 6 nitrogen and oxygen atoms in total. The zero-order chi connectivity index (χ0) is 19.8. The number of hydrazine groups is 1. The van der Waals surface area contributed by atoms with E-state index < -0.39 is 11.8 Å². The Morgan fingerprint density at radius 3 is 2.41 bits per heavy atom. The van der Waals surface area contributed by atoms with Gasteiger partial charge in [0.05, 0.1) is 22.7 Å². The number of carbonyl (C=O) groups is 2. The van der Waals surface area contributed by atoms with Gasteiger partial charge in [-0.2, -0.15) is 0 Å². The number of hydrogen-bond donors (Lipinski definition) is 2. The summed E-state index contributed by atoms with van der Waals surface area (Å²) in [5.74, 6) is 0.234. The number of carbonyl (C=O) groups excluding carboxylic acids is 2. The van der Waals surface area contributed by atoms with Gasteiger partial charge in [0.25, 0.3) is 11.8 Å². The zero-order valence-electron chi connectivity index (χ0n) is 15.5. The van der Waals surface area contributed by atoms with E-state index in [2.05, 4.69) is 26.8 Å². The molecule has 0 fully saturated rings. The first-order valence-electron chi connectivity index (χ1n) is 8.71. The Hall–Kier alpha value is -2.54. The van der Waals surface area contributed by atoms with E-state index in [9.17, 15) is 9.59 Å². The van der Waals surface area contributed by atoms with Crippen LogP contribution in [0.4, 0.5) is 0 Å². The molecule has 2 aromatic rings. The number of benzene rings is 2. The number of para-hydroxylation sites is 1. The van der Waals surface area contributed by atoms with E-state index in [1.807, 2.05) is 20.8 Å². The largest absolute Gasteiger partial charge is 0.493 e. The van der Waals surface area contributed by atoms with E-state index in [1.54, 1.807) is 42.5 Å². The summed E-state index contributed by atoms with van der Waals surface area (Å²) >= 11 is 3.39. The van der Waals surface area contributed by atoms with Gasteiger partial charge in [0.2, 0.25) is 0 Å². The van der Waals surface area contributed by atoms with Gasteiger partial charge in [-0.3, -0.25) is 20.4 Å². The maximum absolute atomic E-state index is 12.4. The molecule has 2 aromatic carbocycles. The molecular weight excluding hydrogens is 412 g/mol. The van der Waals surface area contributed by atoms with Gasteiger partial charge in [0.15, 0.2) is 0 Å². The number of nitrogens with one attached hydrogen (secondary N) is 2. The Labute approximate surface area is 167 Å². The number of halogens is 1. The molecule has 0 radical (unpaired) electrons. The van der Waals surface area contributed by atoms with E-state index in [-0.39, 0.29) is 6.10 Å². The summed E-state index contributed by atoms with van der Waals surface area (Å²) in [6, 6.07) is 11.9. The van der Waals surface area contributed by atoms with Crippen LogP contribution in [0.2, 0.25) is 0 Å². The molecular formula is C20H23BrN2O4. The maximum Gasteiger partial charge on any atom is 0.273 e. The Bertz CT molecular complexity index is 808. The monoisotopic (exact) mass is 434 g/mol. The average Bonchev–Trinajstić information content (AvgIpc) is 2.65.